The Hall–Kier alpha value is -0.330. The van der Waals surface area contributed by atoms with Gasteiger partial charge in [-0.2, -0.15) is 0 Å². The average molecular weight is 393 g/mol. The largest absolute Gasteiger partial charge is 0.352 e. The molecule has 0 aliphatic carbocycles. The highest BCUT2D eigenvalue weighted by Gasteiger charge is 2.17. The number of benzene rings is 1. The number of likely N-dealkylation sites (tertiary alicyclic amines) is 1. The van der Waals surface area contributed by atoms with Crippen LogP contribution in [-0.4, -0.2) is 37.5 Å². The minimum atomic E-state index is -0.0303. The Balaban J connectivity index is 1.85. The van der Waals surface area contributed by atoms with E-state index in [1.54, 1.807) is 6.07 Å². The van der Waals surface area contributed by atoms with Crippen LogP contribution in [0.2, 0.25) is 5.02 Å². The second-order valence-electron chi connectivity index (χ2n) is 5.09. The van der Waals surface area contributed by atoms with Crippen molar-refractivity contribution in [2.24, 2.45) is 5.92 Å². The number of hydrogen-bond acceptors (Lipinski definition) is 2. The number of nitrogens with one attached hydrogen (secondary N) is 1. The van der Waals surface area contributed by atoms with E-state index in [-0.39, 0.29) is 5.91 Å². The van der Waals surface area contributed by atoms with Crippen LogP contribution >= 0.6 is 34.2 Å². The van der Waals surface area contributed by atoms with Gasteiger partial charge in [0.25, 0.3) is 5.91 Å². The van der Waals surface area contributed by atoms with Crippen LogP contribution in [0.15, 0.2) is 18.2 Å². The Labute approximate surface area is 132 Å². The molecule has 0 atom stereocenters. The minimum absolute atomic E-state index is 0.0303. The quantitative estimate of drug-likeness (QED) is 0.802. The van der Waals surface area contributed by atoms with E-state index in [0.29, 0.717) is 16.5 Å². The van der Waals surface area contributed by atoms with Crippen molar-refractivity contribution in [1.29, 1.82) is 0 Å². The number of halogens is 2. The molecule has 1 saturated heterocycles. The van der Waals surface area contributed by atoms with Crippen LogP contribution in [0.5, 0.6) is 0 Å². The van der Waals surface area contributed by atoms with Crippen molar-refractivity contribution in [3.05, 3.63) is 32.4 Å². The Morgan fingerprint density at radius 2 is 2.16 bits per heavy atom. The van der Waals surface area contributed by atoms with Crippen LogP contribution in [0.4, 0.5) is 0 Å². The predicted octanol–water partition coefficient (Wildman–Crippen LogP) is 3.02. The van der Waals surface area contributed by atoms with Crippen LogP contribution in [0.25, 0.3) is 0 Å². The summed E-state index contributed by atoms with van der Waals surface area (Å²) in [6.07, 6.45) is 2.31. The molecule has 0 saturated carbocycles. The van der Waals surface area contributed by atoms with Crippen molar-refractivity contribution in [2.45, 2.75) is 12.8 Å². The molecule has 0 bridgehead atoms. The fraction of sp³-hybridized carbons (Fsp3) is 0.500. The lowest BCUT2D eigenvalue weighted by atomic mass is 9.97. The maximum atomic E-state index is 12.0. The third-order valence-electron chi connectivity index (χ3n) is 3.57. The molecule has 1 aliphatic rings. The van der Waals surface area contributed by atoms with Crippen LogP contribution < -0.4 is 5.32 Å². The van der Waals surface area contributed by atoms with Gasteiger partial charge in [0.15, 0.2) is 0 Å². The summed E-state index contributed by atoms with van der Waals surface area (Å²) in [4.78, 5) is 14.4. The first kappa shape index (κ1) is 15.1. The van der Waals surface area contributed by atoms with Gasteiger partial charge in [-0.25, -0.2) is 0 Å². The van der Waals surface area contributed by atoms with Crippen LogP contribution in [0, 0.1) is 9.49 Å². The molecule has 1 heterocycles. The van der Waals surface area contributed by atoms with Crippen molar-refractivity contribution in [2.75, 3.05) is 26.7 Å². The highest BCUT2D eigenvalue weighted by molar-refractivity contribution is 14.1. The smallest absolute Gasteiger partial charge is 0.251 e. The van der Waals surface area contributed by atoms with Gasteiger partial charge in [0.1, 0.15) is 0 Å². The van der Waals surface area contributed by atoms with Gasteiger partial charge in [-0.3, -0.25) is 4.79 Å². The predicted molar refractivity (Wildman–Crippen MR) is 86.7 cm³/mol. The Bertz CT molecular complexity index is 459. The third-order valence-corrected chi connectivity index (χ3v) is 5.14. The van der Waals surface area contributed by atoms with E-state index in [0.717, 1.165) is 36.0 Å². The first-order chi connectivity index (χ1) is 9.06. The van der Waals surface area contributed by atoms with E-state index in [9.17, 15) is 4.79 Å². The second kappa shape index (κ2) is 6.90. The van der Waals surface area contributed by atoms with E-state index < -0.39 is 0 Å². The van der Waals surface area contributed by atoms with E-state index in [1.807, 2.05) is 12.1 Å². The molecular formula is C14H18ClIN2O. The SMILES string of the molecule is CN1CCC(CNC(=O)c2ccc(I)c(Cl)c2)CC1. The number of carbonyl (C=O) groups excluding carboxylic acids is 1. The zero-order valence-electron chi connectivity index (χ0n) is 11.0. The number of amides is 1. The first-order valence-electron chi connectivity index (χ1n) is 6.48. The Morgan fingerprint density at radius 1 is 1.47 bits per heavy atom. The highest BCUT2D eigenvalue weighted by atomic mass is 127. The summed E-state index contributed by atoms with van der Waals surface area (Å²) in [5.41, 5.74) is 0.637. The zero-order valence-corrected chi connectivity index (χ0v) is 13.9. The summed E-state index contributed by atoms with van der Waals surface area (Å²) in [5, 5.41) is 3.64. The molecule has 5 heteroatoms. The van der Waals surface area contributed by atoms with Gasteiger partial charge in [0, 0.05) is 15.7 Å². The summed E-state index contributed by atoms with van der Waals surface area (Å²) in [7, 11) is 2.14. The van der Waals surface area contributed by atoms with E-state index in [2.05, 4.69) is 39.9 Å². The molecule has 3 nitrogen and oxygen atoms in total. The number of piperidine rings is 1. The molecule has 1 aliphatic heterocycles. The molecular weight excluding hydrogens is 375 g/mol. The molecule has 2 rings (SSSR count). The van der Waals surface area contributed by atoms with Gasteiger partial charge >= 0.3 is 0 Å². The van der Waals surface area contributed by atoms with Crippen molar-refractivity contribution in [1.82, 2.24) is 10.2 Å². The highest BCUT2D eigenvalue weighted by Crippen LogP contribution is 2.20. The molecule has 0 unspecified atom stereocenters. The van der Waals surface area contributed by atoms with Gasteiger partial charge < -0.3 is 10.2 Å². The number of nitrogens with zero attached hydrogens (tertiary/aromatic N) is 1. The molecule has 104 valence electrons. The average Bonchev–Trinajstić information content (AvgIpc) is 2.41. The van der Waals surface area contributed by atoms with Gasteiger partial charge in [-0.15, -0.1) is 0 Å². The summed E-state index contributed by atoms with van der Waals surface area (Å²) < 4.78 is 0.964. The molecule has 1 N–H and O–H groups in total. The van der Waals surface area contributed by atoms with Gasteiger partial charge in [-0.1, -0.05) is 11.6 Å². The lowest BCUT2D eigenvalue weighted by Crippen LogP contribution is -2.36. The van der Waals surface area contributed by atoms with Crippen molar-refractivity contribution >= 4 is 40.1 Å². The minimum Gasteiger partial charge on any atom is -0.352 e. The third kappa shape index (κ3) is 4.33. The summed E-state index contributed by atoms with van der Waals surface area (Å²) in [5.74, 6) is 0.566. The van der Waals surface area contributed by atoms with Gasteiger partial charge in [0.05, 0.1) is 5.02 Å². The molecule has 1 aromatic carbocycles. The molecule has 1 amide bonds. The molecule has 0 aromatic heterocycles. The molecule has 1 aromatic rings. The fourth-order valence-corrected chi connectivity index (χ4v) is 2.76. The van der Waals surface area contributed by atoms with Crippen molar-refractivity contribution in [3.63, 3.8) is 0 Å². The summed E-state index contributed by atoms with van der Waals surface area (Å²) >= 11 is 8.18. The summed E-state index contributed by atoms with van der Waals surface area (Å²) in [6, 6.07) is 5.42. The lowest BCUT2D eigenvalue weighted by Gasteiger charge is -2.28. The molecule has 19 heavy (non-hydrogen) atoms. The monoisotopic (exact) mass is 392 g/mol. The number of rotatable bonds is 3. The number of hydrogen-bond donors (Lipinski definition) is 1. The zero-order chi connectivity index (χ0) is 13.8. The van der Waals surface area contributed by atoms with Gasteiger partial charge in [0.2, 0.25) is 0 Å². The second-order valence-corrected chi connectivity index (χ2v) is 6.65. The Morgan fingerprint density at radius 3 is 2.79 bits per heavy atom. The van der Waals surface area contributed by atoms with Crippen LogP contribution in [-0.2, 0) is 0 Å². The van der Waals surface area contributed by atoms with E-state index in [1.165, 1.54) is 0 Å². The topological polar surface area (TPSA) is 32.3 Å². The van der Waals surface area contributed by atoms with Crippen molar-refractivity contribution in [3.8, 4) is 0 Å². The van der Waals surface area contributed by atoms with E-state index in [4.69, 9.17) is 11.6 Å². The molecule has 0 radical (unpaired) electrons. The first-order valence-corrected chi connectivity index (χ1v) is 7.93. The van der Waals surface area contributed by atoms with Crippen LogP contribution in [0.3, 0.4) is 0 Å². The lowest BCUT2D eigenvalue weighted by molar-refractivity contribution is 0.0939. The standard InChI is InChI=1S/C14H18ClIN2O/c1-18-6-4-10(5-7-18)9-17-14(19)11-2-3-13(16)12(15)8-11/h2-3,8,10H,4-7,9H2,1H3,(H,17,19). The summed E-state index contributed by atoms with van der Waals surface area (Å²) in [6.45, 7) is 3.00. The van der Waals surface area contributed by atoms with Crippen molar-refractivity contribution < 1.29 is 4.79 Å². The van der Waals surface area contributed by atoms with E-state index >= 15 is 0 Å². The van der Waals surface area contributed by atoms with Gasteiger partial charge in [-0.05, 0) is 79.7 Å². The maximum absolute atomic E-state index is 12.0. The molecule has 1 fully saturated rings. The normalized spacial score (nSPS) is 17.4. The Kier molecular flexibility index (Phi) is 5.47. The number of carbonyl (C=O) groups is 1. The molecule has 0 spiro atoms. The fourth-order valence-electron chi connectivity index (χ4n) is 2.24. The van der Waals surface area contributed by atoms with Crippen LogP contribution in [0.1, 0.15) is 23.2 Å². The maximum Gasteiger partial charge on any atom is 0.251 e.